The van der Waals surface area contributed by atoms with Crippen molar-refractivity contribution in [3.05, 3.63) is 52.3 Å². The summed E-state index contributed by atoms with van der Waals surface area (Å²) in [6.07, 6.45) is 3.85. The summed E-state index contributed by atoms with van der Waals surface area (Å²) in [5.41, 5.74) is 2.21. The van der Waals surface area contributed by atoms with Crippen LogP contribution in [-0.4, -0.2) is 28.8 Å². The van der Waals surface area contributed by atoms with Crippen LogP contribution in [0.25, 0.3) is 0 Å². The Morgan fingerprint density at radius 2 is 2.36 bits per heavy atom. The summed E-state index contributed by atoms with van der Waals surface area (Å²) in [7, 11) is 1.90. The standard InChI is InChI=1S/C16H19BrN4O/c1-21-10-12(7-20-21)14-8-18-9-15(14)16(22)19-6-11-3-2-4-13(17)5-11/h2-5,7,10,14-15,18H,6,8-9H2,1H3,(H,19,22)/t14-,15+/m1/s1. The van der Waals surface area contributed by atoms with E-state index in [9.17, 15) is 4.79 Å². The third-order valence-corrected chi connectivity index (χ3v) is 4.55. The molecule has 1 aromatic carbocycles. The monoisotopic (exact) mass is 362 g/mol. The molecule has 0 saturated carbocycles. The average molecular weight is 363 g/mol. The fourth-order valence-electron chi connectivity index (χ4n) is 2.90. The van der Waals surface area contributed by atoms with Gasteiger partial charge in [0.2, 0.25) is 5.91 Å². The zero-order valence-electron chi connectivity index (χ0n) is 12.4. The Morgan fingerprint density at radius 1 is 1.50 bits per heavy atom. The fraction of sp³-hybridized carbons (Fsp3) is 0.375. The van der Waals surface area contributed by atoms with Gasteiger partial charge in [0.05, 0.1) is 12.1 Å². The number of hydrogen-bond donors (Lipinski definition) is 2. The largest absolute Gasteiger partial charge is 0.352 e. The van der Waals surface area contributed by atoms with Crippen LogP contribution in [-0.2, 0) is 18.4 Å². The Kier molecular flexibility index (Phi) is 4.59. The molecule has 2 N–H and O–H groups in total. The first kappa shape index (κ1) is 15.2. The smallest absolute Gasteiger partial charge is 0.225 e. The first-order valence-corrected chi connectivity index (χ1v) is 8.14. The van der Waals surface area contributed by atoms with Crippen molar-refractivity contribution in [1.82, 2.24) is 20.4 Å². The molecule has 0 spiro atoms. The lowest BCUT2D eigenvalue weighted by atomic mass is 9.90. The number of hydrogen-bond acceptors (Lipinski definition) is 3. The number of benzene rings is 1. The lowest BCUT2D eigenvalue weighted by molar-refractivity contribution is -0.125. The molecule has 0 radical (unpaired) electrons. The first-order valence-electron chi connectivity index (χ1n) is 7.35. The zero-order valence-corrected chi connectivity index (χ0v) is 14.0. The van der Waals surface area contributed by atoms with Crippen molar-refractivity contribution in [2.75, 3.05) is 13.1 Å². The number of aryl methyl sites for hydroxylation is 1. The van der Waals surface area contributed by atoms with Crippen LogP contribution in [0.4, 0.5) is 0 Å². The summed E-state index contributed by atoms with van der Waals surface area (Å²) >= 11 is 3.45. The van der Waals surface area contributed by atoms with Crippen molar-refractivity contribution in [2.24, 2.45) is 13.0 Å². The third kappa shape index (κ3) is 3.39. The van der Waals surface area contributed by atoms with Gasteiger partial charge in [-0.2, -0.15) is 5.10 Å². The van der Waals surface area contributed by atoms with E-state index in [1.807, 2.05) is 43.7 Å². The zero-order chi connectivity index (χ0) is 15.5. The van der Waals surface area contributed by atoms with Crippen molar-refractivity contribution in [3.63, 3.8) is 0 Å². The van der Waals surface area contributed by atoms with Crippen molar-refractivity contribution in [2.45, 2.75) is 12.5 Å². The highest BCUT2D eigenvalue weighted by Gasteiger charge is 2.34. The molecule has 2 heterocycles. The van der Waals surface area contributed by atoms with Gasteiger partial charge in [-0.1, -0.05) is 28.1 Å². The molecule has 116 valence electrons. The molecule has 1 aromatic heterocycles. The molecule has 1 aliphatic heterocycles. The molecule has 2 aromatic rings. The van der Waals surface area contributed by atoms with Gasteiger partial charge in [-0.15, -0.1) is 0 Å². The number of carbonyl (C=O) groups excluding carboxylic acids is 1. The number of aromatic nitrogens is 2. The highest BCUT2D eigenvalue weighted by molar-refractivity contribution is 9.10. The Bertz CT molecular complexity index is 670. The van der Waals surface area contributed by atoms with E-state index in [-0.39, 0.29) is 17.7 Å². The molecule has 1 saturated heterocycles. The van der Waals surface area contributed by atoms with Crippen molar-refractivity contribution < 1.29 is 4.79 Å². The topological polar surface area (TPSA) is 59.0 Å². The summed E-state index contributed by atoms with van der Waals surface area (Å²) in [5.74, 6) is 0.242. The number of nitrogens with one attached hydrogen (secondary N) is 2. The van der Waals surface area contributed by atoms with Gasteiger partial charge in [0.1, 0.15) is 0 Å². The van der Waals surface area contributed by atoms with Crippen LogP contribution in [0.3, 0.4) is 0 Å². The summed E-state index contributed by atoms with van der Waals surface area (Å²) in [4.78, 5) is 12.5. The molecule has 3 rings (SSSR count). The summed E-state index contributed by atoms with van der Waals surface area (Å²) in [6, 6.07) is 7.98. The lowest BCUT2D eigenvalue weighted by Crippen LogP contribution is -2.33. The minimum Gasteiger partial charge on any atom is -0.352 e. The van der Waals surface area contributed by atoms with Crippen LogP contribution in [0.15, 0.2) is 41.1 Å². The van der Waals surface area contributed by atoms with E-state index in [2.05, 4.69) is 31.7 Å². The molecule has 0 aliphatic carbocycles. The number of halogens is 1. The lowest BCUT2D eigenvalue weighted by Gasteiger charge is -2.17. The Morgan fingerprint density at radius 3 is 3.09 bits per heavy atom. The maximum Gasteiger partial charge on any atom is 0.225 e. The van der Waals surface area contributed by atoms with E-state index in [1.165, 1.54) is 0 Å². The SMILES string of the molecule is Cn1cc([C@H]2CNC[C@@H]2C(=O)NCc2cccc(Br)c2)cn1. The molecule has 0 bridgehead atoms. The first-order chi connectivity index (χ1) is 10.6. The van der Waals surface area contributed by atoms with E-state index in [1.54, 1.807) is 4.68 Å². The number of nitrogens with zero attached hydrogens (tertiary/aromatic N) is 2. The molecule has 1 aliphatic rings. The third-order valence-electron chi connectivity index (χ3n) is 4.06. The minimum atomic E-state index is -0.0450. The van der Waals surface area contributed by atoms with Crippen LogP contribution in [0.5, 0.6) is 0 Å². The molecule has 22 heavy (non-hydrogen) atoms. The van der Waals surface area contributed by atoms with Crippen molar-refractivity contribution in [1.29, 1.82) is 0 Å². The summed E-state index contributed by atoms with van der Waals surface area (Å²) < 4.78 is 2.81. The molecular weight excluding hydrogens is 344 g/mol. The maximum atomic E-state index is 12.5. The Labute approximate surface area is 138 Å². The molecule has 1 amide bonds. The quantitative estimate of drug-likeness (QED) is 0.871. The molecule has 2 atom stereocenters. The molecule has 0 unspecified atom stereocenters. The predicted molar refractivity (Wildman–Crippen MR) is 88.3 cm³/mol. The normalized spacial score (nSPS) is 21.0. The Hall–Kier alpha value is -1.66. The average Bonchev–Trinajstić information content (AvgIpc) is 3.13. The fourth-order valence-corrected chi connectivity index (χ4v) is 3.35. The minimum absolute atomic E-state index is 0.0450. The maximum absolute atomic E-state index is 12.5. The second-order valence-electron chi connectivity index (χ2n) is 5.67. The van der Waals surface area contributed by atoms with Gasteiger partial charge in [-0.05, 0) is 23.3 Å². The van der Waals surface area contributed by atoms with Gasteiger partial charge in [0.15, 0.2) is 0 Å². The molecule has 5 nitrogen and oxygen atoms in total. The van der Waals surface area contributed by atoms with Gasteiger partial charge >= 0.3 is 0 Å². The van der Waals surface area contributed by atoms with Crippen LogP contribution < -0.4 is 10.6 Å². The number of rotatable bonds is 4. The van der Waals surface area contributed by atoms with Crippen LogP contribution in [0, 0.1) is 5.92 Å². The van der Waals surface area contributed by atoms with Crippen LogP contribution in [0.2, 0.25) is 0 Å². The van der Waals surface area contributed by atoms with Crippen molar-refractivity contribution >= 4 is 21.8 Å². The Balaban J connectivity index is 1.64. The van der Waals surface area contributed by atoms with Crippen molar-refractivity contribution in [3.8, 4) is 0 Å². The molecular formula is C16H19BrN4O. The number of carbonyl (C=O) groups is 1. The molecule has 6 heteroatoms. The van der Waals surface area contributed by atoms with E-state index >= 15 is 0 Å². The summed E-state index contributed by atoms with van der Waals surface area (Å²) in [6.45, 7) is 2.08. The van der Waals surface area contributed by atoms with E-state index < -0.39 is 0 Å². The second kappa shape index (κ2) is 6.62. The highest BCUT2D eigenvalue weighted by atomic mass is 79.9. The van der Waals surface area contributed by atoms with Gasteiger partial charge in [-0.25, -0.2) is 0 Å². The molecule has 1 fully saturated rings. The van der Waals surface area contributed by atoms with Gasteiger partial charge in [0, 0.05) is 43.3 Å². The second-order valence-corrected chi connectivity index (χ2v) is 6.58. The van der Waals surface area contributed by atoms with E-state index in [0.29, 0.717) is 13.1 Å². The number of amides is 1. The highest BCUT2D eigenvalue weighted by Crippen LogP contribution is 2.28. The summed E-state index contributed by atoms with van der Waals surface area (Å²) in [5, 5.41) is 10.6. The van der Waals surface area contributed by atoms with E-state index in [0.717, 1.165) is 22.1 Å². The van der Waals surface area contributed by atoms with Gasteiger partial charge in [-0.3, -0.25) is 9.48 Å². The van der Waals surface area contributed by atoms with Crippen LogP contribution in [0.1, 0.15) is 17.0 Å². The van der Waals surface area contributed by atoms with Gasteiger partial charge < -0.3 is 10.6 Å². The van der Waals surface area contributed by atoms with E-state index in [4.69, 9.17) is 0 Å². The van der Waals surface area contributed by atoms with Gasteiger partial charge in [0.25, 0.3) is 0 Å². The predicted octanol–water partition coefficient (Wildman–Crippen LogP) is 1.80. The van der Waals surface area contributed by atoms with Crippen LogP contribution >= 0.6 is 15.9 Å².